The van der Waals surface area contributed by atoms with Gasteiger partial charge in [-0.1, -0.05) is 52.7 Å². The zero-order valence-corrected chi connectivity index (χ0v) is 27.8. The van der Waals surface area contributed by atoms with Gasteiger partial charge in [0.15, 0.2) is 14.6 Å². The first-order valence-electron chi connectivity index (χ1n) is 15.9. The molecular weight excluding hydrogens is 546 g/mol. The molecule has 6 nitrogen and oxygen atoms in total. The number of allylic oxidation sites excluding steroid dienone is 2. The van der Waals surface area contributed by atoms with Crippen LogP contribution < -0.4 is 0 Å². The van der Waals surface area contributed by atoms with Crippen molar-refractivity contribution in [3.05, 3.63) is 12.2 Å². The molecule has 1 saturated carbocycles. The first-order valence-corrected chi connectivity index (χ1v) is 18.8. The summed E-state index contributed by atoms with van der Waals surface area (Å²) in [6.07, 6.45) is 9.94. The molecule has 1 N–H and O–H groups in total. The number of aliphatic hydroxyl groups is 1. The smallest absolute Gasteiger partial charge is 0.305 e. The maximum atomic E-state index is 15.3. The molecule has 9 heteroatoms. The van der Waals surface area contributed by atoms with Crippen molar-refractivity contribution in [2.75, 3.05) is 13.7 Å². The summed E-state index contributed by atoms with van der Waals surface area (Å²) in [5, 5.41) is 11.0. The molecule has 2 aliphatic rings. The minimum absolute atomic E-state index is 0.0448. The number of alkyl halides is 2. The van der Waals surface area contributed by atoms with E-state index in [4.69, 9.17) is 18.6 Å². The fraction of sp³-hybridized carbons (Fsp3) is 0.906. The summed E-state index contributed by atoms with van der Waals surface area (Å²) in [5.74, 6) is -3.06. The summed E-state index contributed by atoms with van der Waals surface area (Å²) >= 11 is 0. The molecule has 1 heterocycles. The van der Waals surface area contributed by atoms with Gasteiger partial charge in [0.1, 0.15) is 6.10 Å². The van der Waals surface area contributed by atoms with Crippen LogP contribution in [0.1, 0.15) is 111 Å². The van der Waals surface area contributed by atoms with Gasteiger partial charge in [0.25, 0.3) is 5.92 Å². The Balaban J connectivity index is 2.09. The van der Waals surface area contributed by atoms with Crippen LogP contribution >= 0.6 is 0 Å². The van der Waals surface area contributed by atoms with Crippen molar-refractivity contribution < 1.29 is 37.3 Å². The Morgan fingerprint density at radius 2 is 1.88 bits per heavy atom. The molecule has 240 valence electrons. The van der Waals surface area contributed by atoms with E-state index >= 15 is 8.78 Å². The average Bonchev–Trinajstić information content (AvgIpc) is 3.18. The second kappa shape index (κ2) is 16.8. The Kier molecular flexibility index (Phi) is 14.9. The summed E-state index contributed by atoms with van der Waals surface area (Å²) in [6, 6.07) is 0. The first kappa shape index (κ1) is 36.3. The van der Waals surface area contributed by atoms with Crippen LogP contribution in [0.25, 0.3) is 0 Å². The SMILES string of the molecule is CCCC(F)(F)C(CCC[C@@H]1[C@@H](C/C=C\CCCC(=O)OC)[C@@H](OC2CCCCO2)C[C@H]1O)O[Si](C)(C)C(C)(C)C. The molecule has 6 atom stereocenters. The number of ether oxygens (including phenoxy) is 3. The largest absolute Gasteiger partial charge is 0.469 e. The van der Waals surface area contributed by atoms with Gasteiger partial charge < -0.3 is 23.7 Å². The number of hydrogen-bond acceptors (Lipinski definition) is 6. The number of hydrogen-bond donors (Lipinski definition) is 1. The van der Waals surface area contributed by atoms with Gasteiger partial charge in [-0.25, -0.2) is 8.78 Å². The van der Waals surface area contributed by atoms with E-state index in [1.165, 1.54) is 7.11 Å². The lowest BCUT2D eigenvalue weighted by Crippen LogP contribution is -2.49. The van der Waals surface area contributed by atoms with Crippen molar-refractivity contribution in [1.82, 2.24) is 0 Å². The average molecular weight is 605 g/mol. The topological polar surface area (TPSA) is 74.2 Å². The molecule has 2 rings (SSSR count). The summed E-state index contributed by atoms with van der Waals surface area (Å²) < 4.78 is 53.9. The van der Waals surface area contributed by atoms with E-state index in [0.717, 1.165) is 38.5 Å². The molecule has 0 aromatic carbocycles. The highest BCUT2D eigenvalue weighted by Gasteiger charge is 2.47. The fourth-order valence-corrected chi connectivity index (χ4v) is 7.17. The molecule has 0 aromatic rings. The predicted molar refractivity (Wildman–Crippen MR) is 161 cm³/mol. The normalized spacial score (nSPS) is 26.9. The van der Waals surface area contributed by atoms with E-state index in [-0.39, 0.29) is 48.1 Å². The Bertz CT molecular complexity index is 794. The number of esters is 1. The molecule has 41 heavy (non-hydrogen) atoms. The second-order valence-corrected chi connectivity index (χ2v) is 18.3. The molecule has 0 bridgehead atoms. The van der Waals surface area contributed by atoms with Gasteiger partial charge in [0.2, 0.25) is 0 Å². The molecular formula is C32H58F2O6Si. The van der Waals surface area contributed by atoms with E-state index < -0.39 is 26.4 Å². The summed E-state index contributed by atoms with van der Waals surface area (Å²) in [6.45, 7) is 12.8. The summed E-state index contributed by atoms with van der Waals surface area (Å²) in [5.41, 5.74) is 0. The Morgan fingerprint density at radius 1 is 1.15 bits per heavy atom. The monoisotopic (exact) mass is 604 g/mol. The zero-order chi connectivity index (χ0) is 30.7. The number of halogens is 2. The molecule has 2 fully saturated rings. The Labute approximate surface area is 249 Å². The minimum Gasteiger partial charge on any atom is -0.469 e. The number of aliphatic hydroxyl groups excluding tert-OH is 1. The van der Waals surface area contributed by atoms with E-state index in [2.05, 4.69) is 32.9 Å². The quantitative estimate of drug-likeness (QED) is 0.0781. The molecule has 0 radical (unpaired) electrons. The van der Waals surface area contributed by atoms with Crippen molar-refractivity contribution in [3.8, 4) is 0 Å². The maximum Gasteiger partial charge on any atom is 0.305 e. The first-order chi connectivity index (χ1) is 19.2. The number of rotatable bonds is 17. The summed E-state index contributed by atoms with van der Waals surface area (Å²) in [4.78, 5) is 11.4. The van der Waals surface area contributed by atoms with Crippen LogP contribution in [0, 0.1) is 11.8 Å². The van der Waals surface area contributed by atoms with Gasteiger partial charge >= 0.3 is 5.97 Å². The maximum absolute atomic E-state index is 15.3. The second-order valence-electron chi connectivity index (χ2n) is 13.6. The Morgan fingerprint density at radius 3 is 2.49 bits per heavy atom. The van der Waals surface area contributed by atoms with Gasteiger partial charge in [-0.15, -0.1) is 0 Å². The highest BCUT2D eigenvalue weighted by Crippen LogP contribution is 2.44. The zero-order valence-electron chi connectivity index (χ0n) is 26.8. The van der Waals surface area contributed by atoms with Gasteiger partial charge in [-0.05, 0) is 81.3 Å². The third-order valence-electron chi connectivity index (χ3n) is 9.32. The number of unbranched alkanes of at least 4 members (excludes halogenated alkanes) is 1. The minimum atomic E-state index is -2.88. The van der Waals surface area contributed by atoms with Crippen LogP contribution in [0.5, 0.6) is 0 Å². The molecule has 1 aliphatic heterocycles. The van der Waals surface area contributed by atoms with E-state index in [1.54, 1.807) is 6.92 Å². The number of carbonyl (C=O) groups is 1. The van der Waals surface area contributed by atoms with Crippen molar-refractivity contribution in [1.29, 1.82) is 0 Å². The van der Waals surface area contributed by atoms with Crippen molar-refractivity contribution >= 4 is 14.3 Å². The van der Waals surface area contributed by atoms with E-state index in [9.17, 15) is 9.90 Å². The third-order valence-corrected chi connectivity index (χ3v) is 13.8. The highest BCUT2D eigenvalue weighted by atomic mass is 28.4. The molecule has 0 amide bonds. The highest BCUT2D eigenvalue weighted by molar-refractivity contribution is 6.74. The van der Waals surface area contributed by atoms with E-state index in [0.29, 0.717) is 38.7 Å². The summed E-state index contributed by atoms with van der Waals surface area (Å²) in [7, 11) is -0.996. The Hall–Kier alpha value is -0.873. The van der Waals surface area contributed by atoms with E-state index in [1.807, 2.05) is 13.1 Å². The number of carbonyl (C=O) groups excluding carboxylic acids is 1. The predicted octanol–water partition coefficient (Wildman–Crippen LogP) is 8.18. The fourth-order valence-electron chi connectivity index (χ4n) is 5.81. The molecule has 1 saturated heterocycles. The van der Waals surface area contributed by atoms with Crippen molar-refractivity contribution in [2.24, 2.45) is 11.8 Å². The molecule has 2 unspecified atom stereocenters. The van der Waals surface area contributed by atoms with Gasteiger partial charge in [0, 0.05) is 25.9 Å². The lowest BCUT2D eigenvalue weighted by Gasteiger charge is -2.41. The van der Waals surface area contributed by atoms with Crippen LogP contribution in [-0.2, 0) is 23.4 Å². The lowest BCUT2D eigenvalue weighted by molar-refractivity contribution is -0.196. The van der Waals surface area contributed by atoms with Gasteiger partial charge in [0.05, 0.1) is 19.3 Å². The van der Waals surface area contributed by atoms with Crippen LogP contribution in [-0.4, -0.2) is 63.6 Å². The molecule has 0 aromatic heterocycles. The van der Waals surface area contributed by atoms with Crippen LogP contribution in [0.4, 0.5) is 8.78 Å². The van der Waals surface area contributed by atoms with Crippen molar-refractivity contribution in [3.63, 3.8) is 0 Å². The van der Waals surface area contributed by atoms with Crippen LogP contribution in [0.3, 0.4) is 0 Å². The third kappa shape index (κ3) is 11.6. The van der Waals surface area contributed by atoms with Gasteiger partial charge in [-0.2, -0.15) is 0 Å². The van der Waals surface area contributed by atoms with Crippen LogP contribution in [0.2, 0.25) is 18.1 Å². The lowest BCUT2D eigenvalue weighted by atomic mass is 9.85. The molecule has 0 spiro atoms. The van der Waals surface area contributed by atoms with Crippen molar-refractivity contribution in [2.45, 2.75) is 160 Å². The molecule has 1 aliphatic carbocycles. The number of methoxy groups -OCH3 is 1. The standard InChI is InChI=1S/C32H58F2O6Si/c1-8-21-32(33,34)28(40-41(6,7)31(2,3)4)18-15-17-24-25(16-11-9-10-12-19-29(36)37-5)27(23-26(24)35)39-30-20-13-14-22-38-30/h9,11,24-28,30,35H,8,10,12-23H2,1-7H3/b11-9-/t24-,25-,26-,27+,28?,30?/m1/s1. The van der Waals surface area contributed by atoms with Gasteiger partial charge in [-0.3, -0.25) is 4.79 Å². The van der Waals surface area contributed by atoms with Crippen LogP contribution in [0.15, 0.2) is 12.2 Å².